The Bertz CT molecular complexity index is 1120. The second-order valence-electron chi connectivity index (χ2n) is 5.88. The van der Waals surface area contributed by atoms with Crippen LogP contribution >= 0.6 is 0 Å². The normalized spacial score (nSPS) is 13.6. The van der Waals surface area contributed by atoms with Crippen LogP contribution in [0.25, 0.3) is 10.8 Å². The van der Waals surface area contributed by atoms with Gasteiger partial charge in [-0.25, -0.2) is 0 Å². The molecular weight excluding hydrogens is 350 g/mol. The second-order valence-corrected chi connectivity index (χ2v) is 5.88. The Balaban J connectivity index is 1.75. The molecule has 0 saturated carbocycles. The summed E-state index contributed by atoms with van der Waals surface area (Å²) in [4.78, 5) is 35.6. The van der Waals surface area contributed by atoms with E-state index in [1.165, 1.54) is 6.07 Å². The minimum absolute atomic E-state index is 0.261. The number of aromatic hydroxyl groups is 1. The summed E-state index contributed by atoms with van der Waals surface area (Å²) in [6.07, 6.45) is 1.16. The average molecular weight is 361 g/mol. The zero-order valence-electron chi connectivity index (χ0n) is 13.7. The lowest BCUT2D eigenvalue weighted by Gasteiger charge is -2.22. The molecule has 1 aliphatic heterocycles. The quantitative estimate of drug-likeness (QED) is 0.333. The van der Waals surface area contributed by atoms with Crippen molar-refractivity contribution >= 4 is 34.5 Å². The Labute approximate surface area is 152 Å². The molecule has 0 radical (unpaired) electrons. The van der Waals surface area contributed by atoms with Crippen molar-refractivity contribution in [3.8, 4) is 5.75 Å². The number of benzene rings is 3. The predicted octanol–water partition coefficient (Wildman–Crippen LogP) is 3.08. The molecule has 8 nitrogen and oxygen atoms in total. The van der Waals surface area contributed by atoms with E-state index >= 15 is 0 Å². The lowest BCUT2D eigenvalue weighted by molar-refractivity contribution is -0.385. The average Bonchev–Trinajstić information content (AvgIpc) is 2.66. The van der Waals surface area contributed by atoms with Gasteiger partial charge in [0.15, 0.2) is 5.75 Å². The van der Waals surface area contributed by atoms with Crippen molar-refractivity contribution in [3.63, 3.8) is 0 Å². The lowest BCUT2D eigenvalue weighted by Crippen LogP contribution is -2.36. The molecule has 2 amide bonds. The highest BCUT2D eigenvalue weighted by Crippen LogP contribution is 2.30. The number of hydrogen-bond donors (Lipinski definition) is 1. The smallest absolute Gasteiger partial charge is 0.311 e. The Hall–Kier alpha value is -4.07. The van der Waals surface area contributed by atoms with E-state index in [1.54, 1.807) is 24.3 Å². The van der Waals surface area contributed by atoms with Gasteiger partial charge in [0.2, 0.25) is 0 Å². The van der Waals surface area contributed by atoms with Gasteiger partial charge in [-0.15, -0.1) is 0 Å². The summed E-state index contributed by atoms with van der Waals surface area (Å²) in [6.45, 7) is 0. The Morgan fingerprint density at radius 2 is 1.63 bits per heavy atom. The first kappa shape index (κ1) is 16.4. The fourth-order valence-electron chi connectivity index (χ4n) is 3.01. The predicted molar refractivity (Wildman–Crippen MR) is 96.8 cm³/mol. The van der Waals surface area contributed by atoms with Gasteiger partial charge in [-0.1, -0.05) is 24.3 Å². The highest BCUT2D eigenvalue weighted by atomic mass is 16.6. The van der Waals surface area contributed by atoms with E-state index in [0.29, 0.717) is 16.5 Å². The molecule has 4 rings (SSSR count). The van der Waals surface area contributed by atoms with Crippen LogP contribution < -0.4 is 0 Å². The third kappa shape index (κ3) is 2.60. The molecule has 0 saturated heterocycles. The maximum atomic E-state index is 12.7. The number of carbonyl (C=O) groups excluding carboxylic acids is 2. The van der Waals surface area contributed by atoms with Gasteiger partial charge in [0.25, 0.3) is 11.8 Å². The van der Waals surface area contributed by atoms with E-state index in [4.69, 9.17) is 0 Å². The van der Waals surface area contributed by atoms with Gasteiger partial charge < -0.3 is 5.11 Å². The highest BCUT2D eigenvalue weighted by Gasteiger charge is 2.32. The summed E-state index contributed by atoms with van der Waals surface area (Å²) < 4.78 is 0. The van der Waals surface area contributed by atoms with Crippen molar-refractivity contribution in [3.05, 3.63) is 81.4 Å². The van der Waals surface area contributed by atoms with Gasteiger partial charge in [0.05, 0.1) is 22.3 Å². The molecule has 0 atom stereocenters. The van der Waals surface area contributed by atoms with Crippen molar-refractivity contribution < 1.29 is 19.6 Å². The summed E-state index contributed by atoms with van der Waals surface area (Å²) in [7, 11) is 0. The fourth-order valence-corrected chi connectivity index (χ4v) is 3.01. The zero-order valence-corrected chi connectivity index (χ0v) is 13.7. The molecule has 0 unspecified atom stereocenters. The number of amides is 2. The van der Waals surface area contributed by atoms with E-state index in [9.17, 15) is 24.8 Å². The van der Waals surface area contributed by atoms with Crippen molar-refractivity contribution in [1.82, 2.24) is 5.01 Å². The molecular formula is C19H11N3O5. The molecule has 1 heterocycles. The number of nitro groups is 1. The number of phenols is 1. The first-order chi connectivity index (χ1) is 13.0. The van der Waals surface area contributed by atoms with Gasteiger partial charge in [-0.3, -0.25) is 19.7 Å². The Morgan fingerprint density at radius 1 is 1.00 bits per heavy atom. The molecule has 8 heteroatoms. The van der Waals surface area contributed by atoms with Crippen LogP contribution in [0.15, 0.2) is 59.7 Å². The Kier molecular flexibility index (Phi) is 3.66. The summed E-state index contributed by atoms with van der Waals surface area (Å²) in [5.41, 5.74) is 0.482. The maximum Gasteiger partial charge on any atom is 0.311 e. The number of nitro benzene ring substituents is 1. The van der Waals surface area contributed by atoms with Crippen molar-refractivity contribution in [2.24, 2.45) is 5.10 Å². The van der Waals surface area contributed by atoms with Crippen molar-refractivity contribution in [1.29, 1.82) is 0 Å². The molecule has 0 aliphatic carbocycles. The summed E-state index contributed by atoms with van der Waals surface area (Å²) >= 11 is 0. The van der Waals surface area contributed by atoms with Crippen LogP contribution in [0.5, 0.6) is 5.75 Å². The first-order valence-corrected chi connectivity index (χ1v) is 7.89. The van der Waals surface area contributed by atoms with Gasteiger partial charge in [0.1, 0.15) is 0 Å². The molecule has 0 spiro atoms. The third-order valence-corrected chi connectivity index (χ3v) is 4.27. The van der Waals surface area contributed by atoms with Crippen LogP contribution in [0.2, 0.25) is 0 Å². The zero-order chi connectivity index (χ0) is 19.1. The van der Waals surface area contributed by atoms with Crippen LogP contribution in [0.3, 0.4) is 0 Å². The van der Waals surface area contributed by atoms with E-state index in [1.807, 2.05) is 12.1 Å². The van der Waals surface area contributed by atoms with Crippen LogP contribution in [0, 0.1) is 10.1 Å². The molecule has 0 fully saturated rings. The molecule has 0 aromatic heterocycles. The van der Waals surface area contributed by atoms with Crippen LogP contribution in [0.1, 0.15) is 26.3 Å². The third-order valence-electron chi connectivity index (χ3n) is 4.27. The number of imide groups is 1. The second kappa shape index (κ2) is 6.03. The number of nitrogens with zero attached hydrogens (tertiary/aromatic N) is 3. The lowest BCUT2D eigenvalue weighted by atomic mass is 9.95. The number of carbonyl (C=O) groups is 2. The molecule has 0 bridgehead atoms. The Morgan fingerprint density at radius 3 is 2.22 bits per heavy atom. The minimum Gasteiger partial charge on any atom is -0.502 e. The number of hydrogen-bond acceptors (Lipinski definition) is 6. The number of hydrazone groups is 1. The van der Waals surface area contributed by atoms with Crippen LogP contribution in [-0.4, -0.2) is 33.1 Å². The standard InChI is InChI=1S/C19H11N3O5/c23-16-8-7-11(9-15(16)22(26)27)10-20-21-18(24)13-5-1-3-12-4-2-6-14(17(12)13)19(21)25/h1-10,23H/b20-10+. The number of phenolic OH excluding ortho intramolecular Hbond substituents is 1. The number of rotatable bonds is 3. The minimum atomic E-state index is -0.735. The van der Waals surface area contributed by atoms with Gasteiger partial charge in [0, 0.05) is 17.0 Å². The summed E-state index contributed by atoms with van der Waals surface area (Å²) in [5.74, 6) is -1.63. The van der Waals surface area contributed by atoms with Crippen molar-refractivity contribution in [2.45, 2.75) is 0 Å². The van der Waals surface area contributed by atoms with E-state index < -0.39 is 28.2 Å². The highest BCUT2D eigenvalue weighted by molar-refractivity contribution is 6.25. The largest absolute Gasteiger partial charge is 0.502 e. The molecule has 27 heavy (non-hydrogen) atoms. The van der Waals surface area contributed by atoms with E-state index in [-0.39, 0.29) is 5.56 Å². The SMILES string of the molecule is O=C1c2cccc3cccc(c23)C(=O)N1/N=C/c1ccc(O)c([N+](=O)[O-])c1. The molecule has 132 valence electrons. The van der Waals surface area contributed by atoms with E-state index in [2.05, 4.69) is 5.10 Å². The topological polar surface area (TPSA) is 113 Å². The van der Waals surface area contributed by atoms with Crippen LogP contribution in [0.4, 0.5) is 5.69 Å². The monoisotopic (exact) mass is 361 g/mol. The van der Waals surface area contributed by atoms with E-state index in [0.717, 1.165) is 28.7 Å². The van der Waals surface area contributed by atoms with Gasteiger partial charge >= 0.3 is 5.69 Å². The molecule has 1 N–H and O–H groups in total. The maximum absolute atomic E-state index is 12.7. The van der Waals surface area contributed by atoms with Crippen molar-refractivity contribution in [2.75, 3.05) is 0 Å². The summed E-state index contributed by atoms with van der Waals surface area (Å²) in [6, 6.07) is 14.0. The summed E-state index contributed by atoms with van der Waals surface area (Å²) in [5, 5.41) is 26.4. The van der Waals surface area contributed by atoms with Gasteiger partial charge in [-0.2, -0.15) is 10.1 Å². The molecule has 3 aromatic carbocycles. The first-order valence-electron chi connectivity index (χ1n) is 7.89. The van der Waals surface area contributed by atoms with Gasteiger partial charge in [-0.05, 0) is 29.7 Å². The van der Waals surface area contributed by atoms with Crippen LogP contribution in [-0.2, 0) is 0 Å². The fraction of sp³-hybridized carbons (Fsp3) is 0. The molecule has 1 aliphatic rings. The molecule has 3 aromatic rings.